The molecule has 0 radical (unpaired) electrons. The van der Waals surface area contributed by atoms with E-state index in [1.165, 1.54) is 0 Å². The van der Waals surface area contributed by atoms with Gasteiger partial charge < -0.3 is 20.2 Å². The van der Waals surface area contributed by atoms with E-state index in [-0.39, 0.29) is 6.03 Å². The van der Waals surface area contributed by atoms with Gasteiger partial charge in [-0.25, -0.2) is 9.59 Å². The molecule has 2 N–H and O–H groups in total. The standard InChI is InChI=1S/C8H15N3O3/c1-10-5-6-11(8(10)14)4-2-3-9-7(12)13/h9H,2-6H2,1H3,(H,12,13). The summed E-state index contributed by atoms with van der Waals surface area (Å²) in [5.41, 5.74) is 0. The lowest BCUT2D eigenvalue weighted by molar-refractivity contribution is 0.192. The van der Waals surface area contributed by atoms with Gasteiger partial charge in [-0.15, -0.1) is 0 Å². The van der Waals surface area contributed by atoms with E-state index in [0.29, 0.717) is 19.5 Å². The van der Waals surface area contributed by atoms with Crippen LogP contribution in [0.2, 0.25) is 0 Å². The molecule has 80 valence electrons. The second kappa shape index (κ2) is 4.69. The molecule has 14 heavy (non-hydrogen) atoms. The van der Waals surface area contributed by atoms with Crippen LogP contribution in [0.25, 0.3) is 0 Å². The third kappa shape index (κ3) is 2.79. The third-order valence-electron chi connectivity index (χ3n) is 2.18. The number of urea groups is 1. The number of amides is 3. The molecule has 3 amide bonds. The zero-order chi connectivity index (χ0) is 10.6. The Balaban J connectivity index is 2.13. The van der Waals surface area contributed by atoms with Crippen molar-refractivity contribution in [1.29, 1.82) is 0 Å². The number of hydrogen-bond donors (Lipinski definition) is 2. The van der Waals surface area contributed by atoms with Crippen molar-refractivity contribution >= 4 is 12.1 Å². The minimum Gasteiger partial charge on any atom is -0.465 e. The molecule has 6 heteroatoms. The van der Waals surface area contributed by atoms with Crippen molar-refractivity contribution in [2.45, 2.75) is 6.42 Å². The fraction of sp³-hybridized carbons (Fsp3) is 0.750. The highest BCUT2D eigenvalue weighted by atomic mass is 16.4. The molecule has 0 spiro atoms. The second-order valence-corrected chi connectivity index (χ2v) is 3.28. The number of rotatable bonds is 4. The molecule has 1 aliphatic rings. The van der Waals surface area contributed by atoms with Crippen LogP contribution in [0.15, 0.2) is 0 Å². The van der Waals surface area contributed by atoms with Gasteiger partial charge in [-0.1, -0.05) is 0 Å². The third-order valence-corrected chi connectivity index (χ3v) is 2.18. The Morgan fingerprint density at radius 2 is 2.29 bits per heavy atom. The Morgan fingerprint density at radius 1 is 1.57 bits per heavy atom. The highest BCUT2D eigenvalue weighted by molar-refractivity contribution is 5.76. The Bertz CT molecular complexity index is 232. The van der Waals surface area contributed by atoms with Crippen molar-refractivity contribution in [3.8, 4) is 0 Å². The highest BCUT2D eigenvalue weighted by Gasteiger charge is 2.24. The first-order valence-electron chi connectivity index (χ1n) is 4.58. The van der Waals surface area contributed by atoms with Gasteiger partial charge >= 0.3 is 12.1 Å². The van der Waals surface area contributed by atoms with E-state index < -0.39 is 6.09 Å². The molecule has 0 aromatic rings. The lowest BCUT2D eigenvalue weighted by Crippen LogP contribution is -2.32. The van der Waals surface area contributed by atoms with Gasteiger partial charge in [0.2, 0.25) is 0 Å². The van der Waals surface area contributed by atoms with Crippen molar-refractivity contribution in [1.82, 2.24) is 15.1 Å². The van der Waals surface area contributed by atoms with Crippen LogP contribution >= 0.6 is 0 Å². The van der Waals surface area contributed by atoms with Gasteiger partial charge in [0, 0.05) is 33.2 Å². The SMILES string of the molecule is CN1CCN(CCCNC(=O)O)C1=O. The summed E-state index contributed by atoms with van der Waals surface area (Å²) >= 11 is 0. The molecule has 0 atom stereocenters. The number of carbonyl (C=O) groups is 2. The van der Waals surface area contributed by atoms with Crippen LogP contribution in [0.4, 0.5) is 9.59 Å². The fourth-order valence-electron chi connectivity index (χ4n) is 1.38. The molecule has 1 fully saturated rings. The van der Waals surface area contributed by atoms with E-state index in [2.05, 4.69) is 5.32 Å². The molecule has 1 aliphatic heterocycles. The minimum atomic E-state index is -1.02. The normalized spacial score (nSPS) is 16.2. The first-order chi connectivity index (χ1) is 6.61. The monoisotopic (exact) mass is 201 g/mol. The summed E-state index contributed by atoms with van der Waals surface area (Å²) in [4.78, 5) is 24.8. The summed E-state index contributed by atoms with van der Waals surface area (Å²) in [7, 11) is 1.76. The van der Waals surface area contributed by atoms with Crippen LogP contribution in [0.5, 0.6) is 0 Å². The van der Waals surface area contributed by atoms with Gasteiger partial charge in [0.1, 0.15) is 0 Å². The van der Waals surface area contributed by atoms with E-state index in [0.717, 1.165) is 13.1 Å². The maximum atomic E-state index is 11.3. The molecular weight excluding hydrogens is 186 g/mol. The number of carbonyl (C=O) groups excluding carboxylic acids is 1. The second-order valence-electron chi connectivity index (χ2n) is 3.28. The Kier molecular flexibility index (Phi) is 3.55. The van der Waals surface area contributed by atoms with E-state index >= 15 is 0 Å². The van der Waals surface area contributed by atoms with Gasteiger partial charge in [-0.05, 0) is 6.42 Å². The average Bonchev–Trinajstić information content (AvgIpc) is 2.43. The van der Waals surface area contributed by atoms with Crippen molar-refractivity contribution in [2.75, 3.05) is 33.2 Å². The molecule has 0 aromatic heterocycles. The summed E-state index contributed by atoms with van der Waals surface area (Å²) in [6, 6.07) is 0.0281. The van der Waals surface area contributed by atoms with Crippen LogP contribution < -0.4 is 5.32 Å². The van der Waals surface area contributed by atoms with E-state index in [4.69, 9.17) is 5.11 Å². The van der Waals surface area contributed by atoms with Crippen LogP contribution in [0.1, 0.15) is 6.42 Å². The van der Waals surface area contributed by atoms with Crippen molar-refractivity contribution in [3.05, 3.63) is 0 Å². The molecule has 1 saturated heterocycles. The van der Waals surface area contributed by atoms with Crippen LogP contribution in [0, 0.1) is 0 Å². The van der Waals surface area contributed by atoms with Crippen molar-refractivity contribution < 1.29 is 14.7 Å². The summed E-state index contributed by atoms with van der Waals surface area (Å²) in [6.45, 7) is 2.50. The highest BCUT2D eigenvalue weighted by Crippen LogP contribution is 2.05. The molecule has 1 heterocycles. The molecule has 0 unspecified atom stereocenters. The molecule has 6 nitrogen and oxygen atoms in total. The summed E-state index contributed by atoms with van der Waals surface area (Å²) in [5, 5.41) is 10.6. The number of carboxylic acid groups (broad SMARTS) is 1. The van der Waals surface area contributed by atoms with Crippen LogP contribution in [-0.4, -0.2) is 60.3 Å². The quantitative estimate of drug-likeness (QED) is 0.629. The van der Waals surface area contributed by atoms with Gasteiger partial charge in [0.05, 0.1) is 0 Å². The summed E-state index contributed by atoms with van der Waals surface area (Å²) < 4.78 is 0. The van der Waals surface area contributed by atoms with Crippen LogP contribution in [-0.2, 0) is 0 Å². The van der Waals surface area contributed by atoms with E-state index in [1.54, 1.807) is 16.8 Å². The van der Waals surface area contributed by atoms with Crippen molar-refractivity contribution in [3.63, 3.8) is 0 Å². The molecule has 0 saturated carbocycles. The summed E-state index contributed by atoms with van der Waals surface area (Å²) in [5.74, 6) is 0. The number of hydrogen-bond acceptors (Lipinski definition) is 2. The lowest BCUT2D eigenvalue weighted by atomic mass is 10.4. The predicted octanol–water partition coefficient (Wildman–Crippen LogP) is 0.0115. The summed E-state index contributed by atoms with van der Waals surface area (Å²) in [6.07, 6.45) is -0.360. The van der Waals surface area contributed by atoms with Gasteiger partial charge in [-0.3, -0.25) is 0 Å². The number of nitrogens with zero attached hydrogens (tertiary/aromatic N) is 2. The number of nitrogens with one attached hydrogen (secondary N) is 1. The molecule has 0 bridgehead atoms. The lowest BCUT2D eigenvalue weighted by Gasteiger charge is -2.15. The zero-order valence-corrected chi connectivity index (χ0v) is 8.19. The van der Waals surface area contributed by atoms with Crippen molar-refractivity contribution in [2.24, 2.45) is 0 Å². The number of likely N-dealkylation sites (N-methyl/N-ethyl adjacent to an activating group) is 1. The van der Waals surface area contributed by atoms with Gasteiger partial charge in [-0.2, -0.15) is 0 Å². The fourth-order valence-corrected chi connectivity index (χ4v) is 1.38. The van der Waals surface area contributed by atoms with Gasteiger partial charge in [0.25, 0.3) is 0 Å². The van der Waals surface area contributed by atoms with Crippen LogP contribution in [0.3, 0.4) is 0 Å². The Morgan fingerprint density at radius 3 is 2.79 bits per heavy atom. The van der Waals surface area contributed by atoms with E-state index in [1.807, 2.05) is 0 Å². The average molecular weight is 201 g/mol. The molecule has 1 rings (SSSR count). The molecule has 0 aliphatic carbocycles. The predicted molar refractivity (Wildman–Crippen MR) is 50.2 cm³/mol. The topological polar surface area (TPSA) is 72.9 Å². The maximum Gasteiger partial charge on any atom is 0.404 e. The first kappa shape index (κ1) is 10.6. The molecule has 0 aromatic carbocycles. The largest absolute Gasteiger partial charge is 0.465 e. The smallest absolute Gasteiger partial charge is 0.404 e. The first-order valence-corrected chi connectivity index (χ1v) is 4.58. The maximum absolute atomic E-state index is 11.3. The van der Waals surface area contributed by atoms with E-state index in [9.17, 15) is 9.59 Å². The molecular formula is C8H15N3O3. The van der Waals surface area contributed by atoms with Gasteiger partial charge in [0.15, 0.2) is 0 Å². The Labute approximate surface area is 82.5 Å². The minimum absolute atomic E-state index is 0.0281. The Hall–Kier alpha value is -1.46. The zero-order valence-electron chi connectivity index (χ0n) is 8.19.